The van der Waals surface area contributed by atoms with Crippen LogP contribution in [0.5, 0.6) is 11.5 Å². The topological polar surface area (TPSA) is 77.0 Å². The Bertz CT molecular complexity index is 1150. The average molecular weight is 445 g/mol. The minimum absolute atomic E-state index is 0.131. The van der Waals surface area contributed by atoms with E-state index in [1.54, 1.807) is 36.4 Å². The maximum atomic E-state index is 12.2. The van der Waals surface area contributed by atoms with Crippen molar-refractivity contribution < 1.29 is 19.1 Å². The van der Waals surface area contributed by atoms with E-state index in [0.717, 1.165) is 22.3 Å². The first-order chi connectivity index (χ1) is 15.8. The molecule has 0 radical (unpaired) electrons. The zero-order valence-corrected chi connectivity index (χ0v) is 19.3. The molecule has 0 aliphatic heterocycles. The standard InChI is InChI=1S/C27H28N2O4/c1-18(2)22-11-8-20(4)25(15-22)32-17-26(30)29-28-16-21-9-12-24(13-10-21)33-27(31)23-7-5-6-19(3)14-23/h5-16,18H,17H2,1-4H3,(H,29,30)/b28-16+. The number of rotatable bonds is 8. The van der Waals surface area contributed by atoms with E-state index in [1.807, 2.05) is 38.1 Å². The third-order valence-corrected chi connectivity index (χ3v) is 4.98. The monoisotopic (exact) mass is 444 g/mol. The number of esters is 1. The molecule has 33 heavy (non-hydrogen) atoms. The lowest BCUT2D eigenvalue weighted by Gasteiger charge is -2.12. The van der Waals surface area contributed by atoms with E-state index in [0.29, 0.717) is 23.0 Å². The van der Waals surface area contributed by atoms with E-state index in [-0.39, 0.29) is 12.5 Å². The third-order valence-electron chi connectivity index (χ3n) is 4.98. The fraction of sp³-hybridized carbons (Fsp3) is 0.222. The summed E-state index contributed by atoms with van der Waals surface area (Å²) in [5.41, 5.74) is 6.81. The summed E-state index contributed by atoms with van der Waals surface area (Å²) in [6.45, 7) is 7.94. The van der Waals surface area contributed by atoms with Gasteiger partial charge in [-0.05, 0) is 78.9 Å². The summed E-state index contributed by atoms with van der Waals surface area (Å²) in [6, 6.07) is 20.1. The molecule has 0 aromatic heterocycles. The van der Waals surface area contributed by atoms with Crippen molar-refractivity contribution in [1.82, 2.24) is 5.43 Å². The Balaban J connectivity index is 1.49. The average Bonchev–Trinajstić information content (AvgIpc) is 2.79. The van der Waals surface area contributed by atoms with Gasteiger partial charge in [0.1, 0.15) is 11.5 Å². The third kappa shape index (κ3) is 7.04. The van der Waals surface area contributed by atoms with E-state index in [2.05, 4.69) is 30.4 Å². The molecule has 6 nitrogen and oxygen atoms in total. The zero-order chi connectivity index (χ0) is 23.8. The second-order valence-corrected chi connectivity index (χ2v) is 8.09. The summed E-state index contributed by atoms with van der Waals surface area (Å²) in [6.07, 6.45) is 1.51. The molecule has 0 saturated carbocycles. The molecule has 0 heterocycles. The van der Waals surface area contributed by atoms with Gasteiger partial charge in [-0.3, -0.25) is 4.79 Å². The van der Waals surface area contributed by atoms with Gasteiger partial charge in [-0.2, -0.15) is 5.10 Å². The lowest BCUT2D eigenvalue weighted by Crippen LogP contribution is -2.24. The van der Waals surface area contributed by atoms with E-state index >= 15 is 0 Å². The molecule has 6 heteroatoms. The van der Waals surface area contributed by atoms with Crippen LogP contribution in [0.1, 0.15) is 52.4 Å². The van der Waals surface area contributed by atoms with E-state index in [9.17, 15) is 9.59 Å². The lowest BCUT2D eigenvalue weighted by molar-refractivity contribution is -0.123. The van der Waals surface area contributed by atoms with E-state index in [4.69, 9.17) is 9.47 Å². The van der Waals surface area contributed by atoms with Gasteiger partial charge in [-0.25, -0.2) is 10.2 Å². The van der Waals surface area contributed by atoms with Gasteiger partial charge in [0, 0.05) is 0 Å². The van der Waals surface area contributed by atoms with Crippen molar-refractivity contribution >= 4 is 18.1 Å². The molecule has 170 valence electrons. The summed E-state index contributed by atoms with van der Waals surface area (Å²) in [5, 5.41) is 3.96. The molecular formula is C27H28N2O4. The highest BCUT2D eigenvalue weighted by atomic mass is 16.5. The van der Waals surface area contributed by atoms with Gasteiger partial charge < -0.3 is 9.47 Å². The fourth-order valence-corrected chi connectivity index (χ4v) is 3.05. The number of hydrogen-bond acceptors (Lipinski definition) is 5. The Morgan fingerprint density at radius 1 is 1.00 bits per heavy atom. The number of hydrogen-bond donors (Lipinski definition) is 1. The summed E-state index contributed by atoms with van der Waals surface area (Å²) >= 11 is 0. The highest BCUT2D eigenvalue weighted by Gasteiger charge is 2.09. The van der Waals surface area contributed by atoms with Crippen LogP contribution in [0.25, 0.3) is 0 Å². The van der Waals surface area contributed by atoms with Gasteiger partial charge in [0.2, 0.25) is 0 Å². The molecule has 3 aromatic carbocycles. The molecule has 1 amide bonds. The van der Waals surface area contributed by atoms with Crippen LogP contribution in [0.15, 0.2) is 71.8 Å². The molecule has 3 aromatic rings. The van der Waals surface area contributed by atoms with Crippen molar-refractivity contribution in [1.29, 1.82) is 0 Å². The highest BCUT2D eigenvalue weighted by molar-refractivity contribution is 5.91. The molecule has 0 bridgehead atoms. The Morgan fingerprint density at radius 2 is 1.76 bits per heavy atom. The Labute approximate surface area is 194 Å². The minimum atomic E-state index is -0.415. The predicted octanol–water partition coefficient (Wildman–Crippen LogP) is 5.18. The summed E-state index contributed by atoms with van der Waals surface area (Å²) in [5.74, 6) is 0.723. The molecule has 0 spiro atoms. The maximum Gasteiger partial charge on any atom is 0.343 e. The van der Waals surface area contributed by atoms with Crippen molar-refractivity contribution in [3.8, 4) is 11.5 Å². The van der Waals surface area contributed by atoms with Gasteiger partial charge >= 0.3 is 5.97 Å². The Morgan fingerprint density at radius 3 is 2.45 bits per heavy atom. The first kappa shape index (κ1) is 23.7. The number of benzene rings is 3. The van der Waals surface area contributed by atoms with Gasteiger partial charge in [-0.1, -0.05) is 43.7 Å². The summed E-state index contributed by atoms with van der Waals surface area (Å²) < 4.78 is 11.0. The van der Waals surface area contributed by atoms with Crippen LogP contribution < -0.4 is 14.9 Å². The first-order valence-electron chi connectivity index (χ1n) is 10.8. The molecule has 0 aliphatic rings. The largest absolute Gasteiger partial charge is 0.483 e. The minimum Gasteiger partial charge on any atom is -0.483 e. The van der Waals surface area contributed by atoms with Crippen LogP contribution in [0.4, 0.5) is 0 Å². The number of nitrogens with one attached hydrogen (secondary N) is 1. The molecule has 1 N–H and O–H groups in total. The van der Waals surface area contributed by atoms with Crippen molar-refractivity contribution in [2.24, 2.45) is 5.10 Å². The van der Waals surface area contributed by atoms with Crippen molar-refractivity contribution in [3.63, 3.8) is 0 Å². The van der Waals surface area contributed by atoms with Gasteiger partial charge in [0.15, 0.2) is 6.61 Å². The molecule has 0 saturated heterocycles. The zero-order valence-electron chi connectivity index (χ0n) is 19.3. The highest BCUT2D eigenvalue weighted by Crippen LogP contribution is 2.24. The second kappa shape index (κ2) is 11.1. The molecule has 0 atom stereocenters. The van der Waals surface area contributed by atoms with Crippen LogP contribution in [0.2, 0.25) is 0 Å². The number of nitrogens with zero attached hydrogens (tertiary/aromatic N) is 1. The summed E-state index contributed by atoms with van der Waals surface area (Å²) in [7, 11) is 0. The first-order valence-corrected chi connectivity index (χ1v) is 10.8. The fourth-order valence-electron chi connectivity index (χ4n) is 3.05. The van der Waals surface area contributed by atoms with Crippen molar-refractivity contribution in [3.05, 3.63) is 94.5 Å². The maximum absolute atomic E-state index is 12.2. The van der Waals surface area contributed by atoms with E-state index in [1.165, 1.54) is 6.21 Å². The second-order valence-electron chi connectivity index (χ2n) is 8.09. The molecule has 3 rings (SSSR count). The number of carbonyl (C=O) groups is 2. The van der Waals surface area contributed by atoms with Crippen LogP contribution >= 0.6 is 0 Å². The Hall–Kier alpha value is -3.93. The van der Waals surface area contributed by atoms with Crippen LogP contribution in [-0.2, 0) is 4.79 Å². The smallest absolute Gasteiger partial charge is 0.343 e. The molecular weight excluding hydrogens is 416 g/mol. The number of amides is 1. The van der Waals surface area contributed by atoms with Gasteiger partial charge in [0.25, 0.3) is 5.91 Å². The van der Waals surface area contributed by atoms with Gasteiger partial charge in [-0.15, -0.1) is 0 Å². The van der Waals surface area contributed by atoms with Crippen molar-refractivity contribution in [2.45, 2.75) is 33.6 Å². The summed E-state index contributed by atoms with van der Waals surface area (Å²) in [4.78, 5) is 24.3. The number of hydrazone groups is 1. The number of ether oxygens (including phenoxy) is 2. The van der Waals surface area contributed by atoms with Crippen LogP contribution in [0, 0.1) is 13.8 Å². The SMILES string of the molecule is Cc1cccc(C(=O)Oc2ccc(/C=N/NC(=O)COc3cc(C(C)C)ccc3C)cc2)c1. The van der Waals surface area contributed by atoms with Crippen LogP contribution in [-0.4, -0.2) is 24.7 Å². The molecule has 0 aliphatic carbocycles. The normalized spacial score (nSPS) is 10.9. The number of carbonyl (C=O) groups excluding carboxylic acids is 2. The van der Waals surface area contributed by atoms with Gasteiger partial charge in [0.05, 0.1) is 11.8 Å². The lowest BCUT2D eigenvalue weighted by atomic mass is 10.0. The van der Waals surface area contributed by atoms with Crippen molar-refractivity contribution in [2.75, 3.05) is 6.61 Å². The van der Waals surface area contributed by atoms with E-state index < -0.39 is 5.97 Å². The van der Waals surface area contributed by atoms with Crippen LogP contribution in [0.3, 0.4) is 0 Å². The predicted molar refractivity (Wildman–Crippen MR) is 129 cm³/mol. The molecule has 0 fully saturated rings. The molecule has 0 unspecified atom stereocenters. The number of aryl methyl sites for hydroxylation is 2. The quantitative estimate of drug-likeness (QED) is 0.225. The Kier molecular flexibility index (Phi) is 7.97.